The number of nitrogens with zero attached hydrogens (tertiary/aromatic N) is 6. The van der Waals surface area contributed by atoms with Gasteiger partial charge in [0.1, 0.15) is 18.0 Å². The van der Waals surface area contributed by atoms with Crippen molar-refractivity contribution >= 4 is 11.6 Å². The first-order chi connectivity index (χ1) is 12.1. The molecule has 0 aliphatic carbocycles. The van der Waals surface area contributed by atoms with Crippen LogP contribution in [0, 0.1) is 13.8 Å². The first kappa shape index (κ1) is 16.6. The second kappa shape index (κ2) is 7.12. The van der Waals surface area contributed by atoms with Crippen molar-refractivity contribution in [2.75, 3.05) is 24.2 Å². The number of hydrogen-bond donors (Lipinski definition) is 2. The Hall–Kier alpha value is -3.23. The summed E-state index contributed by atoms with van der Waals surface area (Å²) in [5, 5.41) is 14.9. The number of rotatable bonds is 6. The van der Waals surface area contributed by atoms with Gasteiger partial charge in [0.2, 0.25) is 0 Å². The zero-order valence-corrected chi connectivity index (χ0v) is 14.4. The molecular weight excluding hydrogens is 320 g/mol. The minimum Gasteiger partial charge on any atom is -0.373 e. The molecule has 0 spiro atoms. The maximum Gasteiger partial charge on any atom is 0.266 e. The van der Waals surface area contributed by atoms with E-state index in [0.717, 1.165) is 17.2 Å². The van der Waals surface area contributed by atoms with Crippen LogP contribution in [0.25, 0.3) is 5.82 Å². The fourth-order valence-electron chi connectivity index (χ4n) is 2.45. The molecule has 3 aromatic heterocycles. The monoisotopic (exact) mass is 340 g/mol. The molecule has 25 heavy (non-hydrogen) atoms. The van der Waals surface area contributed by atoms with Crippen LogP contribution in [0.1, 0.15) is 11.4 Å². The third-order valence-electron chi connectivity index (χ3n) is 3.63. The van der Waals surface area contributed by atoms with Crippen molar-refractivity contribution in [3.05, 3.63) is 52.3 Å². The molecule has 0 saturated carbocycles. The summed E-state index contributed by atoms with van der Waals surface area (Å²) >= 11 is 0. The highest BCUT2D eigenvalue weighted by atomic mass is 16.1. The van der Waals surface area contributed by atoms with E-state index in [1.807, 2.05) is 19.9 Å². The fraction of sp³-hybridized carbons (Fsp3) is 0.312. The molecule has 0 unspecified atom stereocenters. The van der Waals surface area contributed by atoms with E-state index in [-0.39, 0.29) is 5.56 Å². The van der Waals surface area contributed by atoms with Crippen molar-refractivity contribution in [3.63, 3.8) is 0 Å². The summed E-state index contributed by atoms with van der Waals surface area (Å²) in [7, 11) is 1.79. The molecule has 2 N–H and O–H groups in total. The Balaban J connectivity index is 1.73. The van der Waals surface area contributed by atoms with Gasteiger partial charge in [-0.3, -0.25) is 4.79 Å². The van der Waals surface area contributed by atoms with E-state index in [4.69, 9.17) is 0 Å². The van der Waals surface area contributed by atoms with Crippen molar-refractivity contribution in [1.29, 1.82) is 0 Å². The summed E-state index contributed by atoms with van der Waals surface area (Å²) in [6, 6.07) is 6.94. The normalized spacial score (nSPS) is 10.7. The second-order valence-corrected chi connectivity index (χ2v) is 5.56. The summed E-state index contributed by atoms with van der Waals surface area (Å²) in [6.45, 7) is 4.79. The van der Waals surface area contributed by atoms with Crippen LogP contribution in [0.15, 0.2) is 35.4 Å². The molecule has 0 bridgehead atoms. The van der Waals surface area contributed by atoms with Gasteiger partial charge in [0.05, 0.1) is 12.2 Å². The fourth-order valence-corrected chi connectivity index (χ4v) is 2.45. The molecule has 3 rings (SSSR count). The summed E-state index contributed by atoms with van der Waals surface area (Å²) in [4.78, 5) is 20.2. The highest BCUT2D eigenvalue weighted by Gasteiger charge is 2.07. The smallest absolute Gasteiger partial charge is 0.266 e. The number of aryl methyl sites for hydroxylation is 2. The molecule has 0 fully saturated rings. The van der Waals surface area contributed by atoms with Crippen molar-refractivity contribution < 1.29 is 0 Å². The van der Waals surface area contributed by atoms with Gasteiger partial charge in [-0.05, 0) is 26.0 Å². The van der Waals surface area contributed by atoms with Gasteiger partial charge in [-0.2, -0.15) is 5.10 Å². The molecule has 9 nitrogen and oxygen atoms in total. The summed E-state index contributed by atoms with van der Waals surface area (Å²) in [5.74, 6) is 2.02. The third kappa shape index (κ3) is 3.82. The topological polar surface area (TPSA) is 103 Å². The second-order valence-electron chi connectivity index (χ2n) is 5.56. The lowest BCUT2D eigenvalue weighted by Crippen LogP contribution is -2.27. The SMILES string of the molecule is CNc1cc(NCCn2nc(-n3nc(C)cc3C)ccc2=O)ncn1. The molecule has 0 radical (unpaired) electrons. The van der Waals surface area contributed by atoms with Gasteiger partial charge in [0.15, 0.2) is 5.82 Å². The first-order valence-corrected chi connectivity index (χ1v) is 7.92. The highest BCUT2D eigenvalue weighted by Crippen LogP contribution is 2.08. The average molecular weight is 340 g/mol. The Kier molecular flexibility index (Phi) is 4.73. The van der Waals surface area contributed by atoms with Gasteiger partial charge in [-0.1, -0.05) is 0 Å². The van der Waals surface area contributed by atoms with E-state index in [0.29, 0.717) is 24.7 Å². The Morgan fingerprint density at radius 3 is 2.60 bits per heavy atom. The van der Waals surface area contributed by atoms with Crippen LogP contribution >= 0.6 is 0 Å². The first-order valence-electron chi connectivity index (χ1n) is 7.92. The molecule has 0 atom stereocenters. The standard InChI is InChI=1S/C16H20N8O/c1-11-8-12(2)24(21-11)15-4-5-16(25)23(22-15)7-6-18-14-9-13(17-3)19-10-20-14/h4-5,8-10H,6-7H2,1-3H3,(H2,17,18,19,20). The van der Waals surface area contributed by atoms with Crippen molar-refractivity contribution in [1.82, 2.24) is 29.5 Å². The minimum atomic E-state index is -0.161. The lowest BCUT2D eigenvalue weighted by Gasteiger charge is -2.10. The van der Waals surface area contributed by atoms with Gasteiger partial charge in [0.25, 0.3) is 5.56 Å². The van der Waals surface area contributed by atoms with Crippen LogP contribution in [-0.2, 0) is 6.54 Å². The Labute approximate surface area is 144 Å². The molecule has 130 valence electrons. The summed E-state index contributed by atoms with van der Waals surface area (Å²) in [5.41, 5.74) is 1.71. The molecule has 3 heterocycles. The van der Waals surface area contributed by atoms with Crippen molar-refractivity contribution in [3.8, 4) is 5.82 Å². The third-order valence-corrected chi connectivity index (χ3v) is 3.63. The molecule has 0 amide bonds. The van der Waals surface area contributed by atoms with E-state index in [1.54, 1.807) is 23.9 Å². The quantitative estimate of drug-likeness (QED) is 0.690. The average Bonchev–Trinajstić information content (AvgIpc) is 2.95. The van der Waals surface area contributed by atoms with Crippen LogP contribution in [0.5, 0.6) is 0 Å². The van der Waals surface area contributed by atoms with E-state index in [2.05, 4.69) is 30.8 Å². The zero-order valence-electron chi connectivity index (χ0n) is 14.4. The van der Waals surface area contributed by atoms with Crippen molar-refractivity contribution in [2.45, 2.75) is 20.4 Å². The Bertz CT molecular complexity index is 930. The van der Waals surface area contributed by atoms with E-state index in [1.165, 1.54) is 17.1 Å². The van der Waals surface area contributed by atoms with E-state index >= 15 is 0 Å². The molecular formula is C16H20N8O. The largest absolute Gasteiger partial charge is 0.373 e. The van der Waals surface area contributed by atoms with Crippen molar-refractivity contribution in [2.24, 2.45) is 0 Å². The lowest BCUT2D eigenvalue weighted by atomic mass is 10.4. The van der Waals surface area contributed by atoms with E-state index in [9.17, 15) is 4.79 Å². The van der Waals surface area contributed by atoms with Crippen LogP contribution in [-0.4, -0.2) is 43.1 Å². The zero-order chi connectivity index (χ0) is 17.8. The molecule has 0 aliphatic rings. The van der Waals surface area contributed by atoms with Crippen LogP contribution in [0.2, 0.25) is 0 Å². The Morgan fingerprint density at radius 1 is 1.08 bits per heavy atom. The predicted octanol–water partition coefficient (Wildman–Crippen LogP) is 0.990. The van der Waals surface area contributed by atoms with Gasteiger partial charge < -0.3 is 10.6 Å². The highest BCUT2D eigenvalue weighted by molar-refractivity contribution is 5.45. The number of aromatic nitrogens is 6. The number of hydrogen-bond acceptors (Lipinski definition) is 7. The van der Waals surface area contributed by atoms with Gasteiger partial charge in [0, 0.05) is 31.4 Å². The minimum absolute atomic E-state index is 0.161. The van der Waals surface area contributed by atoms with Gasteiger partial charge in [-0.15, -0.1) is 5.10 Å². The predicted molar refractivity (Wildman–Crippen MR) is 95.2 cm³/mol. The van der Waals surface area contributed by atoms with Gasteiger partial charge in [-0.25, -0.2) is 19.3 Å². The maximum absolute atomic E-state index is 12.0. The van der Waals surface area contributed by atoms with Crippen LogP contribution in [0.3, 0.4) is 0 Å². The van der Waals surface area contributed by atoms with E-state index < -0.39 is 0 Å². The number of nitrogens with one attached hydrogen (secondary N) is 2. The molecule has 3 aromatic rings. The number of anilines is 2. The Morgan fingerprint density at radius 2 is 1.88 bits per heavy atom. The van der Waals surface area contributed by atoms with Crippen LogP contribution < -0.4 is 16.2 Å². The molecule has 0 aromatic carbocycles. The molecule has 0 aliphatic heterocycles. The molecule has 9 heteroatoms. The lowest BCUT2D eigenvalue weighted by molar-refractivity contribution is 0.581. The van der Waals surface area contributed by atoms with Crippen LogP contribution in [0.4, 0.5) is 11.6 Å². The summed E-state index contributed by atoms with van der Waals surface area (Å²) < 4.78 is 3.14. The van der Waals surface area contributed by atoms with Gasteiger partial charge >= 0.3 is 0 Å². The maximum atomic E-state index is 12.0. The summed E-state index contributed by atoms with van der Waals surface area (Å²) in [6.07, 6.45) is 1.47. The molecule has 0 saturated heterocycles.